The van der Waals surface area contributed by atoms with Crippen molar-refractivity contribution in [1.29, 1.82) is 0 Å². The molecule has 0 aliphatic carbocycles. The van der Waals surface area contributed by atoms with Gasteiger partial charge < -0.3 is 19.8 Å². The van der Waals surface area contributed by atoms with E-state index in [-0.39, 0.29) is 29.9 Å². The Morgan fingerprint density at radius 1 is 0.660 bits per heavy atom. The molecule has 2 amide bonds. The minimum atomic E-state index is -0.266. The van der Waals surface area contributed by atoms with Crippen LogP contribution in [-0.4, -0.2) is 90.6 Å². The fraction of sp³-hybridized carbons (Fsp3) is 0.500. The van der Waals surface area contributed by atoms with Crippen LogP contribution in [0.5, 0.6) is 0 Å². The van der Waals surface area contributed by atoms with Crippen LogP contribution in [0.1, 0.15) is 104 Å². The zero-order valence-corrected chi connectivity index (χ0v) is 29.1. The number of carbonyl (C=O) groups is 2. The van der Waals surface area contributed by atoms with E-state index in [2.05, 4.69) is 55.0 Å². The first-order valence-electron chi connectivity index (χ1n) is 18.9. The standard InChI is InChI=1S/C40H50N8O2/c49-36(25-30-15-5-6-16-31(30)28-45-19-9-10-20-45)47-23-11-17-34(47)38-41-26-32(43-38)33-27-42-39(44-33)35-18-12-24-48(35)40(50)37(29-13-3-1-4-14-29)46-21-7-2-8-22-46/h1,3-6,13-16,26-27,34-35,37H,2,7-12,17-25,28H2,(H,41,43)(H,42,44)/t34-,35-,37+/m0/s1. The zero-order chi connectivity index (χ0) is 33.9. The molecular formula is C40H50N8O2. The number of amides is 2. The molecule has 10 nitrogen and oxygen atoms in total. The molecule has 262 valence electrons. The van der Waals surface area contributed by atoms with Crippen LogP contribution in [0.3, 0.4) is 0 Å². The SMILES string of the molecule is O=C(Cc1ccccc1CN1CCCC1)N1CCC[C@H]1c1ncc(-c2cnc([C@@H]3CCCN3C(=O)[C@@H](c3ccccc3)N3CCCCC3)[nH]2)[nH]1. The molecule has 10 heteroatoms. The first-order chi connectivity index (χ1) is 24.6. The van der Waals surface area contributed by atoms with E-state index in [4.69, 9.17) is 9.97 Å². The molecule has 0 spiro atoms. The molecular weight excluding hydrogens is 624 g/mol. The van der Waals surface area contributed by atoms with Gasteiger partial charge in [0.1, 0.15) is 17.7 Å². The second-order valence-electron chi connectivity index (χ2n) is 14.6. The van der Waals surface area contributed by atoms with Crippen molar-refractivity contribution in [3.05, 3.63) is 95.3 Å². The summed E-state index contributed by atoms with van der Waals surface area (Å²) in [7, 11) is 0. The Labute approximate surface area is 295 Å². The fourth-order valence-corrected chi connectivity index (χ4v) is 8.76. The topological polar surface area (TPSA) is 104 Å². The third-order valence-corrected chi connectivity index (χ3v) is 11.4. The van der Waals surface area contributed by atoms with Crippen LogP contribution in [-0.2, 0) is 22.6 Å². The molecule has 4 saturated heterocycles. The highest BCUT2D eigenvalue weighted by molar-refractivity contribution is 5.84. The molecule has 4 fully saturated rings. The number of hydrogen-bond acceptors (Lipinski definition) is 6. The lowest BCUT2D eigenvalue weighted by Gasteiger charge is -2.37. The van der Waals surface area contributed by atoms with Gasteiger partial charge in [-0.25, -0.2) is 9.97 Å². The summed E-state index contributed by atoms with van der Waals surface area (Å²) in [6, 6.07) is 18.3. The number of hydrogen-bond donors (Lipinski definition) is 2. The Morgan fingerprint density at radius 3 is 1.92 bits per heavy atom. The molecule has 0 unspecified atom stereocenters. The van der Waals surface area contributed by atoms with Crippen molar-refractivity contribution in [1.82, 2.24) is 39.5 Å². The second kappa shape index (κ2) is 14.9. The summed E-state index contributed by atoms with van der Waals surface area (Å²) in [5.74, 6) is 1.97. The van der Waals surface area contributed by atoms with Crippen LogP contribution in [0.25, 0.3) is 11.4 Å². The number of nitrogens with one attached hydrogen (secondary N) is 2. The number of aromatic amines is 2. The lowest BCUT2D eigenvalue weighted by Crippen LogP contribution is -2.44. The van der Waals surface area contributed by atoms with Crippen molar-refractivity contribution in [2.45, 2.75) is 88.9 Å². The van der Waals surface area contributed by atoms with Gasteiger partial charge in [0.15, 0.2) is 0 Å². The van der Waals surface area contributed by atoms with Crippen molar-refractivity contribution >= 4 is 11.8 Å². The first-order valence-corrected chi connectivity index (χ1v) is 18.9. The molecule has 4 aliphatic heterocycles. The average molecular weight is 675 g/mol. The van der Waals surface area contributed by atoms with Gasteiger partial charge in [-0.2, -0.15) is 0 Å². The number of likely N-dealkylation sites (tertiary alicyclic amines) is 4. The molecule has 50 heavy (non-hydrogen) atoms. The summed E-state index contributed by atoms with van der Waals surface area (Å²) in [6.45, 7) is 6.58. The zero-order valence-electron chi connectivity index (χ0n) is 29.1. The number of H-pyrrole nitrogens is 2. The predicted molar refractivity (Wildman–Crippen MR) is 193 cm³/mol. The van der Waals surface area contributed by atoms with E-state index >= 15 is 0 Å². The number of imidazole rings is 2. The van der Waals surface area contributed by atoms with E-state index in [0.29, 0.717) is 6.42 Å². The lowest BCUT2D eigenvalue weighted by atomic mass is 10.00. The minimum absolute atomic E-state index is 0.0722. The Morgan fingerprint density at radius 2 is 1.24 bits per heavy atom. The van der Waals surface area contributed by atoms with E-state index in [1.54, 1.807) is 0 Å². The normalized spacial score (nSPS) is 22.4. The van der Waals surface area contributed by atoms with Crippen molar-refractivity contribution < 1.29 is 9.59 Å². The molecule has 8 rings (SSSR count). The molecule has 0 bridgehead atoms. The second-order valence-corrected chi connectivity index (χ2v) is 14.6. The van der Waals surface area contributed by atoms with Crippen molar-refractivity contribution in [2.24, 2.45) is 0 Å². The highest BCUT2D eigenvalue weighted by Gasteiger charge is 2.39. The number of rotatable bonds is 10. The molecule has 0 saturated carbocycles. The van der Waals surface area contributed by atoms with Crippen LogP contribution in [0.4, 0.5) is 0 Å². The van der Waals surface area contributed by atoms with E-state index < -0.39 is 0 Å². The number of benzene rings is 2. The fourth-order valence-electron chi connectivity index (χ4n) is 8.76. The van der Waals surface area contributed by atoms with Crippen LogP contribution in [0, 0.1) is 0 Å². The van der Waals surface area contributed by atoms with Crippen molar-refractivity contribution in [3.63, 3.8) is 0 Å². The van der Waals surface area contributed by atoms with E-state index in [9.17, 15) is 9.59 Å². The van der Waals surface area contributed by atoms with Gasteiger partial charge in [-0.15, -0.1) is 0 Å². The van der Waals surface area contributed by atoms with Crippen molar-refractivity contribution in [2.75, 3.05) is 39.3 Å². The molecule has 0 radical (unpaired) electrons. The lowest BCUT2D eigenvalue weighted by molar-refractivity contribution is -0.139. The summed E-state index contributed by atoms with van der Waals surface area (Å²) in [4.78, 5) is 53.7. The summed E-state index contributed by atoms with van der Waals surface area (Å²) >= 11 is 0. The van der Waals surface area contributed by atoms with Gasteiger partial charge in [0.05, 0.1) is 42.3 Å². The Hall–Kier alpha value is -4.28. The van der Waals surface area contributed by atoms with Gasteiger partial charge in [-0.1, -0.05) is 61.0 Å². The molecule has 6 heterocycles. The van der Waals surface area contributed by atoms with Gasteiger partial charge in [0.2, 0.25) is 11.8 Å². The third-order valence-electron chi connectivity index (χ3n) is 11.4. The Bertz CT molecular complexity index is 1760. The smallest absolute Gasteiger partial charge is 0.245 e. The highest BCUT2D eigenvalue weighted by atomic mass is 16.2. The molecule has 3 atom stereocenters. The molecule has 2 aromatic carbocycles. The van der Waals surface area contributed by atoms with Gasteiger partial charge in [-0.3, -0.25) is 19.4 Å². The number of aromatic nitrogens is 4. The van der Waals surface area contributed by atoms with Crippen molar-refractivity contribution in [3.8, 4) is 11.4 Å². The maximum absolute atomic E-state index is 14.3. The molecule has 2 aromatic heterocycles. The maximum atomic E-state index is 14.3. The molecule has 2 N–H and O–H groups in total. The average Bonchev–Trinajstić information content (AvgIpc) is 4.00. The third kappa shape index (κ3) is 6.88. The number of nitrogens with zero attached hydrogens (tertiary/aromatic N) is 6. The monoisotopic (exact) mass is 674 g/mol. The predicted octanol–water partition coefficient (Wildman–Crippen LogP) is 6.19. The van der Waals surface area contributed by atoms with E-state index in [1.807, 2.05) is 41.6 Å². The van der Waals surface area contributed by atoms with Gasteiger partial charge >= 0.3 is 0 Å². The first kappa shape index (κ1) is 32.9. The largest absolute Gasteiger partial charge is 0.339 e. The van der Waals surface area contributed by atoms with Crippen LogP contribution in [0.15, 0.2) is 67.0 Å². The summed E-state index contributed by atoms with van der Waals surface area (Å²) < 4.78 is 0. The molecule has 4 aliphatic rings. The quantitative estimate of drug-likeness (QED) is 0.208. The van der Waals surface area contributed by atoms with Gasteiger partial charge in [0.25, 0.3) is 0 Å². The number of carbonyl (C=O) groups excluding carboxylic acids is 2. The Kier molecular flexibility index (Phi) is 9.81. The number of piperidine rings is 1. The van der Waals surface area contributed by atoms with E-state index in [1.165, 1.54) is 24.8 Å². The van der Waals surface area contributed by atoms with Crippen LogP contribution >= 0.6 is 0 Å². The summed E-state index contributed by atoms with van der Waals surface area (Å²) in [5.41, 5.74) is 5.16. The van der Waals surface area contributed by atoms with E-state index in [0.717, 1.165) is 119 Å². The maximum Gasteiger partial charge on any atom is 0.245 e. The van der Waals surface area contributed by atoms with Crippen LogP contribution in [0.2, 0.25) is 0 Å². The van der Waals surface area contributed by atoms with Gasteiger partial charge in [0, 0.05) is 19.6 Å². The minimum Gasteiger partial charge on any atom is -0.339 e. The van der Waals surface area contributed by atoms with Crippen LogP contribution < -0.4 is 0 Å². The van der Waals surface area contributed by atoms with Gasteiger partial charge in [-0.05, 0) is 94.2 Å². The highest BCUT2D eigenvalue weighted by Crippen LogP contribution is 2.37. The molecule has 4 aromatic rings. The summed E-state index contributed by atoms with van der Waals surface area (Å²) in [5, 5.41) is 0. The summed E-state index contributed by atoms with van der Waals surface area (Å²) in [6.07, 6.45) is 13.8. The Balaban J connectivity index is 0.957.